The third kappa shape index (κ3) is 10.3. The zero-order chi connectivity index (χ0) is 23.4. The molecule has 2 unspecified atom stereocenters. The van der Waals surface area contributed by atoms with Crippen LogP contribution in [0.25, 0.3) is 0 Å². The lowest BCUT2D eigenvalue weighted by Gasteiger charge is -2.19. The van der Waals surface area contributed by atoms with Crippen LogP contribution in [-0.2, 0) is 19.2 Å². The number of amides is 3. The van der Waals surface area contributed by atoms with E-state index in [0.717, 1.165) is 51.4 Å². The Kier molecular flexibility index (Phi) is 12.4. The first-order valence-electron chi connectivity index (χ1n) is 12.0. The summed E-state index contributed by atoms with van der Waals surface area (Å²) in [6.45, 7) is 9.90. The minimum absolute atomic E-state index is 0.0234. The maximum Gasteiger partial charge on any atom is 0.303 e. The number of carboxylic acid groups (broad SMARTS) is 1. The van der Waals surface area contributed by atoms with E-state index in [-0.39, 0.29) is 42.4 Å². The van der Waals surface area contributed by atoms with E-state index in [2.05, 4.69) is 33.0 Å². The van der Waals surface area contributed by atoms with E-state index in [1.807, 2.05) is 0 Å². The normalized spacial score (nSPS) is 20.5. The second-order valence-electron chi connectivity index (χ2n) is 9.64. The summed E-state index contributed by atoms with van der Waals surface area (Å²) in [7, 11) is 0. The summed E-state index contributed by atoms with van der Waals surface area (Å²) in [6.07, 6.45) is 8.15. The highest BCUT2D eigenvalue weighted by molar-refractivity contribution is 6.05. The predicted molar refractivity (Wildman–Crippen MR) is 120 cm³/mol. The van der Waals surface area contributed by atoms with Crippen molar-refractivity contribution in [2.75, 3.05) is 13.1 Å². The number of likely N-dealkylation sites (tertiary alicyclic amines) is 1. The van der Waals surface area contributed by atoms with Crippen LogP contribution in [0.3, 0.4) is 0 Å². The smallest absolute Gasteiger partial charge is 0.303 e. The van der Waals surface area contributed by atoms with Crippen LogP contribution in [0.4, 0.5) is 0 Å². The van der Waals surface area contributed by atoms with Gasteiger partial charge in [-0.2, -0.15) is 0 Å². The first-order valence-corrected chi connectivity index (χ1v) is 12.0. The van der Waals surface area contributed by atoms with Crippen LogP contribution in [-0.4, -0.2) is 46.8 Å². The molecule has 2 aliphatic rings. The van der Waals surface area contributed by atoms with E-state index in [4.69, 9.17) is 5.11 Å². The first-order chi connectivity index (χ1) is 14.6. The Morgan fingerprint density at radius 2 is 1.45 bits per heavy atom. The molecule has 1 aliphatic heterocycles. The molecular weight excluding hydrogens is 396 g/mol. The Bertz CT molecular complexity index is 579. The standard InChI is InChI=1S/C14H23NO2.C10H19NO3/c1-10(2)6-5-9-15-13(16)11-7-3-4-8-12(11)14(15)17;1-8(2)4-3-7-11-9(12)5-6-10(13)14/h10-12H,3-9H2,1-2H3;8H,3-7H2,1-2H3,(H,11,12)(H,13,14). The average Bonchev–Trinajstić information content (AvgIpc) is 2.95. The van der Waals surface area contributed by atoms with Gasteiger partial charge in [0.05, 0.1) is 18.3 Å². The molecule has 0 aromatic carbocycles. The van der Waals surface area contributed by atoms with Gasteiger partial charge in [-0.05, 0) is 50.4 Å². The van der Waals surface area contributed by atoms with Crippen LogP contribution in [0.1, 0.15) is 91.9 Å². The lowest BCUT2D eigenvalue weighted by molar-refractivity contribution is -0.140. The van der Waals surface area contributed by atoms with E-state index in [9.17, 15) is 19.2 Å². The maximum absolute atomic E-state index is 12.1. The van der Waals surface area contributed by atoms with Crippen LogP contribution in [0, 0.1) is 23.7 Å². The van der Waals surface area contributed by atoms with Crippen molar-refractivity contribution in [3.05, 3.63) is 0 Å². The quantitative estimate of drug-likeness (QED) is 0.375. The van der Waals surface area contributed by atoms with Gasteiger partial charge in [-0.3, -0.25) is 24.1 Å². The summed E-state index contributed by atoms with van der Waals surface area (Å²) in [4.78, 5) is 47.0. The number of carbonyl (C=O) groups is 4. The molecule has 1 aliphatic carbocycles. The van der Waals surface area contributed by atoms with Crippen LogP contribution < -0.4 is 5.32 Å². The van der Waals surface area contributed by atoms with Crippen molar-refractivity contribution in [2.45, 2.75) is 91.9 Å². The van der Waals surface area contributed by atoms with Crippen molar-refractivity contribution in [1.82, 2.24) is 10.2 Å². The number of carbonyl (C=O) groups excluding carboxylic acids is 3. The molecule has 0 radical (unpaired) electrons. The molecule has 1 saturated carbocycles. The highest BCUT2D eigenvalue weighted by atomic mass is 16.4. The molecule has 3 amide bonds. The lowest BCUT2D eigenvalue weighted by atomic mass is 9.81. The molecule has 7 nitrogen and oxygen atoms in total. The van der Waals surface area contributed by atoms with Crippen molar-refractivity contribution >= 4 is 23.7 Å². The Balaban J connectivity index is 0.000000318. The molecule has 2 N–H and O–H groups in total. The number of nitrogens with zero attached hydrogens (tertiary/aromatic N) is 1. The van der Waals surface area contributed by atoms with Crippen molar-refractivity contribution in [2.24, 2.45) is 23.7 Å². The minimum Gasteiger partial charge on any atom is -0.481 e. The van der Waals surface area contributed by atoms with Gasteiger partial charge in [0.1, 0.15) is 0 Å². The van der Waals surface area contributed by atoms with Crippen LogP contribution in [0.2, 0.25) is 0 Å². The maximum atomic E-state index is 12.1. The first kappa shape index (κ1) is 27.1. The molecule has 31 heavy (non-hydrogen) atoms. The lowest BCUT2D eigenvalue weighted by Crippen LogP contribution is -2.32. The van der Waals surface area contributed by atoms with Gasteiger partial charge in [-0.15, -0.1) is 0 Å². The Morgan fingerprint density at radius 3 is 1.94 bits per heavy atom. The fraction of sp³-hybridized carbons (Fsp3) is 0.833. The van der Waals surface area contributed by atoms with Gasteiger partial charge in [-0.1, -0.05) is 40.5 Å². The molecule has 2 atom stereocenters. The summed E-state index contributed by atoms with van der Waals surface area (Å²) in [6, 6.07) is 0. The number of rotatable bonds is 11. The van der Waals surface area contributed by atoms with E-state index < -0.39 is 5.97 Å². The fourth-order valence-corrected chi connectivity index (χ4v) is 4.16. The number of fused-ring (bicyclic) bond motifs is 1. The highest BCUT2D eigenvalue weighted by Gasteiger charge is 2.47. The molecule has 7 heteroatoms. The zero-order valence-electron chi connectivity index (χ0n) is 19.8. The van der Waals surface area contributed by atoms with Gasteiger partial charge in [0.15, 0.2) is 0 Å². The second kappa shape index (κ2) is 14.2. The average molecular weight is 439 g/mol. The second-order valence-corrected chi connectivity index (χ2v) is 9.64. The van der Waals surface area contributed by atoms with E-state index in [1.54, 1.807) is 4.90 Å². The van der Waals surface area contributed by atoms with E-state index >= 15 is 0 Å². The zero-order valence-corrected chi connectivity index (χ0v) is 19.8. The van der Waals surface area contributed by atoms with Gasteiger partial charge in [0.2, 0.25) is 17.7 Å². The number of hydrogen-bond acceptors (Lipinski definition) is 4. The summed E-state index contributed by atoms with van der Waals surface area (Å²) < 4.78 is 0. The number of hydrogen-bond donors (Lipinski definition) is 2. The Labute approximate surface area is 187 Å². The van der Waals surface area contributed by atoms with Crippen LogP contribution >= 0.6 is 0 Å². The Hall–Kier alpha value is -1.92. The molecule has 2 rings (SSSR count). The van der Waals surface area contributed by atoms with Gasteiger partial charge in [0, 0.05) is 19.5 Å². The third-order valence-electron chi connectivity index (χ3n) is 5.94. The molecule has 1 saturated heterocycles. The van der Waals surface area contributed by atoms with Crippen LogP contribution in [0.5, 0.6) is 0 Å². The van der Waals surface area contributed by atoms with E-state index in [0.29, 0.717) is 24.9 Å². The molecular formula is C24H42N2O5. The van der Waals surface area contributed by atoms with Crippen molar-refractivity contribution in [3.63, 3.8) is 0 Å². The van der Waals surface area contributed by atoms with Crippen molar-refractivity contribution < 1.29 is 24.3 Å². The van der Waals surface area contributed by atoms with Gasteiger partial charge < -0.3 is 10.4 Å². The van der Waals surface area contributed by atoms with Crippen molar-refractivity contribution in [1.29, 1.82) is 0 Å². The molecule has 0 bridgehead atoms. The largest absolute Gasteiger partial charge is 0.481 e. The van der Waals surface area contributed by atoms with E-state index in [1.165, 1.54) is 0 Å². The molecule has 178 valence electrons. The monoisotopic (exact) mass is 438 g/mol. The highest BCUT2D eigenvalue weighted by Crippen LogP contribution is 2.38. The summed E-state index contributed by atoms with van der Waals surface area (Å²) >= 11 is 0. The predicted octanol–water partition coefficient (Wildman–Crippen LogP) is 4.00. The summed E-state index contributed by atoms with van der Waals surface area (Å²) in [5.74, 6) is 0.465. The number of imide groups is 1. The summed E-state index contributed by atoms with van der Waals surface area (Å²) in [5.41, 5.74) is 0. The van der Waals surface area contributed by atoms with Gasteiger partial charge in [-0.25, -0.2) is 0 Å². The van der Waals surface area contributed by atoms with Crippen LogP contribution in [0.15, 0.2) is 0 Å². The third-order valence-corrected chi connectivity index (χ3v) is 5.94. The molecule has 0 aromatic heterocycles. The number of aliphatic carboxylic acids is 1. The Morgan fingerprint density at radius 1 is 0.935 bits per heavy atom. The molecule has 0 spiro atoms. The molecule has 2 fully saturated rings. The van der Waals surface area contributed by atoms with Gasteiger partial charge in [0.25, 0.3) is 0 Å². The number of carboxylic acids is 1. The SMILES string of the molecule is CC(C)CCCN1C(=O)C2CCCCC2C1=O.CC(C)CCCNC(=O)CCC(=O)O. The molecule has 0 aromatic rings. The summed E-state index contributed by atoms with van der Waals surface area (Å²) in [5, 5.41) is 11.0. The minimum atomic E-state index is -0.928. The topological polar surface area (TPSA) is 104 Å². The van der Waals surface area contributed by atoms with Crippen molar-refractivity contribution in [3.8, 4) is 0 Å². The molecule has 1 heterocycles. The number of nitrogens with one attached hydrogen (secondary N) is 1. The fourth-order valence-electron chi connectivity index (χ4n) is 4.16. The van der Waals surface area contributed by atoms with Gasteiger partial charge >= 0.3 is 5.97 Å².